The molecule has 4 rings (SSSR count). The van der Waals surface area contributed by atoms with Gasteiger partial charge in [0.15, 0.2) is 5.78 Å². The maximum Gasteiger partial charge on any atom is 0.336 e. The number of rotatable bonds is 9. The minimum atomic E-state index is -0.694. The number of hydrogen-bond donors (Lipinski definition) is 1. The van der Waals surface area contributed by atoms with E-state index in [0.717, 1.165) is 17.0 Å². The molecular formula is C28H30N2O7. The van der Waals surface area contributed by atoms with Crippen LogP contribution in [0.5, 0.6) is 5.75 Å². The third-order valence-corrected chi connectivity index (χ3v) is 6.74. The molecule has 0 spiro atoms. The van der Waals surface area contributed by atoms with Crippen molar-refractivity contribution in [1.82, 2.24) is 5.32 Å². The summed E-state index contributed by atoms with van der Waals surface area (Å²) < 4.78 is 16.0. The SMILES string of the molecule is CCOCCOC(=O)C1=C(C)NC2=C(C(=O)C[C@H](c3ccc(OC)cc3)C2)[C@@H]1c1ccc([N+](=O)[O-])cc1. The van der Waals surface area contributed by atoms with Crippen molar-refractivity contribution in [1.29, 1.82) is 0 Å². The number of nitro groups is 1. The van der Waals surface area contributed by atoms with Gasteiger partial charge in [-0.3, -0.25) is 14.9 Å². The van der Waals surface area contributed by atoms with Crippen LogP contribution in [0.2, 0.25) is 0 Å². The van der Waals surface area contributed by atoms with Gasteiger partial charge in [-0.05, 0) is 49.4 Å². The summed E-state index contributed by atoms with van der Waals surface area (Å²) in [6.07, 6.45) is 0.864. The number of allylic oxidation sites excluding steroid dienone is 3. The number of Topliss-reactive ketones (excluding diaryl/α,β-unsaturated/α-hetero) is 1. The molecule has 1 heterocycles. The number of esters is 1. The topological polar surface area (TPSA) is 117 Å². The van der Waals surface area contributed by atoms with Crippen LogP contribution in [0.15, 0.2) is 71.1 Å². The molecule has 0 bridgehead atoms. The molecule has 2 aromatic rings. The van der Waals surface area contributed by atoms with E-state index in [1.54, 1.807) is 26.2 Å². The molecule has 1 N–H and O–H groups in total. The van der Waals surface area contributed by atoms with Gasteiger partial charge in [-0.2, -0.15) is 0 Å². The first-order valence-corrected chi connectivity index (χ1v) is 12.2. The molecule has 2 aromatic carbocycles. The predicted octanol–water partition coefficient (Wildman–Crippen LogP) is 4.54. The molecule has 2 aliphatic rings. The Kier molecular flexibility index (Phi) is 8.03. The zero-order chi connectivity index (χ0) is 26.5. The molecule has 1 aliphatic heterocycles. The number of nitrogens with zero attached hydrogens (tertiary/aromatic N) is 1. The number of methoxy groups -OCH3 is 1. The molecule has 1 aliphatic carbocycles. The van der Waals surface area contributed by atoms with Crippen molar-refractivity contribution in [3.05, 3.63) is 92.3 Å². The van der Waals surface area contributed by atoms with Crippen LogP contribution in [0.3, 0.4) is 0 Å². The Morgan fingerprint density at radius 3 is 2.35 bits per heavy atom. The lowest BCUT2D eigenvalue weighted by Gasteiger charge is -2.36. The van der Waals surface area contributed by atoms with Gasteiger partial charge in [-0.25, -0.2) is 4.79 Å². The maximum atomic E-state index is 13.6. The van der Waals surface area contributed by atoms with E-state index < -0.39 is 16.8 Å². The zero-order valence-electron chi connectivity index (χ0n) is 21.1. The average Bonchev–Trinajstić information content (AvgIpc) is 2.90. The van der Waals surface area contributed by atoms with Crippen molar-refractivity contribution in [3.8, 4) is 5.75 Å². The van der Waals surface area contributed by atoms with Gasteiger partial charge in [-0.1, -0.05) is 24.3 Å². The van der Waals surface area contributed by atoms with E-state index >= 15 is 0 Å². The number of carbonyl (C=O) groups is 2. The summed E-state index contributed by atoms with van der Waals surface area (Å²) in [7, 11) is 1.61. The predicted molar refractivity (Wildman–Crippen MR) is 136 cm³/mol. The highest BCUT2D eigenvalue weighted by atomic mass is 16.6. The molecule has 0 saturated heterocycles. The second-order valence-electron chi connectivity index (χ2n) is 8.97. The first-order valence-electron chi connectivity index (χ1n) is 12.2. The van der Waals surface area contributed by atoms with Gasteiger partial charge in [0.05, 0.1) is 24.2 Å². The fraction of sp³-hybridized carbons (Fsp3) is 0.357. The summed E-state index contributed by atoms with van der Waals surface area (Å²) >= 11 is 0. The highest BCUT2D eigenvalue weighted by molar-refractivity contribution is 6.04. The van der Waals surface area contributed by atoms with E-state index in [9.17, 15) is 19.7 Å². The minimum Gasteiger partial charge on any atom is -0.497 e. The Labute approximate surface area is 215 Å². The third kappa shape index (κ3) is 5.56. The van der Waals surface area contributed by atoms with Gasteiger partial charge in [0.2, 0.25) is 0 Å². The molecule has 0 amide bonds. The summed E-state index contributed by atoms with van der Waals surface area (Å²) in [5.41, 5.74) is 3.74. The second kappa shape index (κ2) is 11.4. The van der Waals surface area contributed by atoms with Crippen molar-refractivity contribution in [3.63, 3.8) is 0 Å². The van der Waals surface area contributed by atoms with E-state index in [-0.39, 0.29) is 37.0 Å². The van der Waals surface area contributed by atoms with Crippen molar-refractivity contribution in [2.75, 3.05) is 26.9 Å². The Morgan fingerprint density at radius 2 is 1.73 bits per heavy atom. The molecule has 0 radical (unpaired) electrons. The number of dihydropyridines is 1. The Hall–Kier alpha value is -3.98. The molecule has 9 nitrogen and oxygen atoms in total. The van der Waals surface area contributed by atoms with Crippen molar-refractivity contribution >= 4 is 17.4 Å². The Bertz CT molecular complexity index is 1250. The molecule has 0 aromatic heterocycles. The van der Waals surface area contributed by atoms with Crippen LogP contribution in [0, 0.1) is 10.1 Å². The molecule has 2 atom stereocenters. The lowest BCUT2D eigenvalue weighted by Crippen LogP contribution is -2.36. The van der Waals surface area contributed by atoms with Crippen LogP contribution in [0.25, 0.3) is 0 Å². The molecule has 37 heavy (non-hydrogen) atoms. The number of nitrogens with one attached hydrogen (secondary N) is 1. The summed E-state index contributed by atoms with van der Waals surface area (Å²) in [4.78, 5) is 37.6. The first kappa shape index (κ1) is 26.1. The van der Waals surface area contributed by atoms with Crippen molar-refractivity contribution < 1.29 is 28.7 Å². The van der Waals surface area contributed by atoms with Crippen LogP contribution in [0.1, 0.15) is 49.7 Å². The average molecular weight is 507 g/mol. The lowest BCUT2D eigenvalue weighted by molar-refractivity contribution is -0.384. The van der Waals surface area contributed by atoms with E-state index in [1.807, 2.05) is 31.2 Å². The van der Waals surface area contributed by atoms with E-state index in [4.69, 9.17) is 14.2 Å². The van der Waals surface area contributed by atoms with Gasteiger partial charge in [0, 0.05) is 48.0 Å². The normalized spacial score (nSPS) is 19.3. The number of benzene rings is 2. The molecule has 194 valence electrons. The standard InChI is InChI=1S/C28H30N2O7/c1-4-36-13-14-37-28(32)25-17(2)29-23-15-20(18-7-11-22(35-3)12-8-18)16-24(31)27(23)26(25)19-5-9-21(10-6-19)30(33)34/h5-12,20,26,29H,4,13-16H2,1-3H3/t20-,26-/m1/s1. The second-order valence-corrected chi connectivity index (χ2v) is 8.97. The molecular weight excluding hydrogens is 476 g/mol. The highest BCUT2D eigenvalue weighted by Gasteiger charge is 2.41. The van der Waals surface area contributed by atoms with Gasteiger partial charge < -0.3 is 19.5 Å². The number of nitro benzene ring substituents is 1. The quantitative estimate of drug-likeness (QED) is 0.228. The Morgan fingerprint density at radius 1 is 1.05 bits per heavy atom. The fourth-order valence-electron chi connectivity index (χ4n) is 4.96. The molecule has 0 fully saturated rings. The maximum absolute atomic E-state index is 13.6. The van der Waals surface area contributed by atoms with E-state index in [2.05, 4.69) is 5.32 Å². The number of non-ortho nitro benzene ring substituents is 1. The number of carbonyl (C=O) groups excluding carboxylic acids is 2. The van der Waals surface area contributed by atoms with Gasteiger partial charge >= 0.3 is 5.97 Å². The van der Waals surface area contributed by atoms with Crippen LogP contribution >= 0.6 is 0 Å². The monoisotopic (exact) mass is 506 g/mol. The molecule has 0 unspecified atom stereocenters. The van der Waals surface area contributed by atoms with Crippen LogP contribution in [-0.2, 0) is 19.1 Å². The van der Waals surface area contributed by atoms with Gasteiger partial charge in [0.25, 0.3) is 5.69 Å². The lowest BCUT2D eigenvalue weighted by atomic mass is 9.71. The van der Waals surface area contributed by atoms with E-state index in [1.165, 1.54) is 12.1 Å². The molecule has 9 heteroatoms. The van der Waals surface area contributed by atoms with Crippen LogP contribution < -0.4 is 10.1 Å². The Balaban J connectivity index is 1.71. The largest absolute Gasteiger partial charge is 0.497 e. The third-order valence-electron chi connectivity index (χ3n) is 6.74. The summed E-state index contributed by atoms with van der Waals surface area (Å²) in [6, 6.07) is 13.6. The summed E-state index contributed by atoms with van der Waals surface area (Å²) in [5.74, 6) is -0.614. The fourth-order valence-corrected chi connectivity index (χ4v) is 4.96. The number of ketones is 1. The zero-order valence-corrected chi connectivity index (χ0v) is 21.1. The summed E-state index contributed by atoms with van der Waals surface area (Å²) in [5, 5.41) is 14.5. The molecule has 0 saturated carbocycles. The minimum absolute atomic E-state index is 0.0327. The highest BCUT2D eigenvalue weighted by Crippen LogP contribution is 2.46. The smallest absolute Gasteiger partial charge is 0.336 e. The first-order chi connectivity index (χ1) is 17.8. The van der Waals surface area contributed by atoms with Crippen molar-refractivity contribution in [2.45, 2.75) is 38.5 Å². The van der Waals surface area contributed by atoms with Gasteiger partial charge in [0.1, 0.15) is 12.4 Å². The van der Waals surface area contributed by atoms with Crippen molar-refractivity contribution in [2.24, 2.45) is 0 Å². The van der Waals surface area contributed by atoms with Gasteiger partial charge in [-0.15, -0.1) is 0 Å². The summed E-state index contributed by atoms with van der Waals surface area (Å²) in [6.45, 7) is 4.48. The van der Waals surface area contributed by atoms with Crippen LogP contribution in [-0.4, -0.2) is 43.6 Å². The van der Waals surface area contributed by atoms with E-state index in [0.29, 0.717) is 35.4 Å². The number of ether oxygens (including phenoxy) is 3. The number of hydrogen-bond acceptors (Lipinski definition) is 8. The van der Waals surface area contributed by atoms with Crippen LogP contribution in [0.4, 0.5) is 5.69 Å².